The van der Waals surface area contributed by atoms with Gasteiger partial charge in [0.05, 0.1) is 38.8 Å². The molecule has 0 aliphatic carbocycles. The number of nitrogens with zero attached hydrogens (tertiary/aromatic N) is 5. The van der Waals surface area contributed by atoms with Crippen molar-refractivity contribution in [3.63, 3.8) is 0 Å². The van der Waals surface area contributed by atoms with Gasteiger partial charge < -0.3 is 9.13 Å². The zero-order valence-electron chi connectivity index (χ0n) is 34.1. The van der Waals surface area contributed by atoms with E-state index in [2.05, 4.69) is 214 Å². The van der Waals surface area contributed by atoms with E-state index in [4.69, 9.17) is 9.97 Å². The van der Waals surface area contributed by atoms with Crippen LogP contribution < -0.4 is 0 Å². The third-order valence-electron chi connectivity index (χ3n) is 12.6. The molecule has 9 aromatic carbocycles. The fraction of sp³-hybridized carbons (Fsp3) is 0. The first kappa shape index (κ1) is 35.2. The number of fused-ring (bicyclic) bond motifs is 10. The highest BCUT2D eigenvalue weighted by atomic mass is 15.1. The van der Waals surface area contributed by atoms with Crippen LogP contribution in [0.25, 0.3) is 116 Å². The molecule has 4 heterocycles. The van der Waals surface area contributed by atoms with Crippen LogP contribution in [0.5, 0.6) is 0 Å². The van der Waals surface area contributed by atoms with Crippen molar-refractivity contribution < 1.29 is 0 Å². The van der Waals surface area contributed by atoms with E-state index < -0.39 is 0 Å². The summed E-state index contributed by atoms with van der Waals surface area (Å²) in [4.78, 5) is 10.3. The SMILES string of the molecule is c1ccc(-c2cc(-n3c4ccccc4c4cc(-c5cccc(-n6c7ccccc7c7c6ccc6c8ccccc8n(-c8ccccc8)c67)c5)ccc43)nc(-c3ccccc3)n2)cc1. The quantitative estimate of drug-likeness (QED) is 0.168. The smallest absolute Gasteiger partial charge is 0.162 e. The van der Waals surface area contributed by atoms with Gasteiger partial charge in [-0.05, 0) is 71.8 Å². The molecule has 13 aromatic rings. The minimum absolute atomic E-state index is 0.693. The Kier molecular flexibility index (Phi) is 7.84. The molecule has 0 aliphatic heterocycles. The molecule has 0 saturated heterocycles. The number of aromatic nitrogens is 5. The average Bonchev–Trinajstić information content (AvgIpc) is 4.00. The maximum absolute atomic E-state index is 5.24. The van der Waals surface area contributed by atoms with E-state index in [1.54, 1.807) is 0 Å². The standard InChI is InChI=1S/C58H37N5/c1-4-17-38(18-5-1)49-37-55(60-58(59-49)39-19-6-2-7-20-39)63-51-29-14-11-26-45(51)48-36-41(31-33-53(48)63)40-21-16-24-43(35-40)61-52-30-15-12-27-47(52)56-54(61)34-32-46-44-25-10-13-28-50(44)62(57(46)56)42-22-8-3-9-23-42/h1-37H. The number of rotatable bonds is 6. The van der Waals surface area contributed by atoms with Crippen molar-refractivity contribution in [1.29, 1.82) is 0 Å². The Morgan fingerprint density at radius 2 is 0.825 bits per heavy atom. The van der Waals surface area contributed by atoms with Gasteiger partial charge in [-0.25, -0.2) is 9.97 Å². The van der Waals surface area contributed by atoms with Crippen molar-refractivity contribution in [2.24, 2.45) is 0 Å². The van der Waals surface area contributed by atoms with Gasteiger partial charge in [-0.15, -0.1) is 0 Å². The molecule has 0 spiro atoms. The summed E-state index contributed by atoms with van der Waals surface area (Å²) in [6.45, 7) is 0. The molecule has 0 radical (unpaired) electrons. The van der Waals surface area contributed by atoms with Gasteiger partial charge in [-0.1, -0.05) is 158 Å². The van der Waals surface area contributed by atoms with Gasteiger partial charge >= 0.3 is 0 Å². The van der Waals surface area contributed by atoms with E-state index in [9.17, 15) is 0 Å². The molecule has 0 saturated carbocycles. The van der Waals surface area contributed by atoms with E-state index in [-0.39, 0.29) is 0 Å². The van der Waals surface area contributed by atoms with Gasteiger partial charge in [-0.2, -0.15) is 0 Å². The van der Waals surface area contributed by atoms with Gasteiger partial charge in [0.1, 0.15) is 5.82 Å². The highest BCUT2D eigenvalue weighted by molar-refractivity contribution is 6.26. The molecule has 5 nitrogen and oxygen atoms in total. The fourth-order valence-electron chi connectivity index (χ4n) is 9.88. The Morgan fingerprint density at radius 3 is 1.57 bits per heavy atom. The first-order chi connectivity index (χ1) is 31.3. The molecule has 0 amide bonds. The second-order valence-electron chi connectivity index (χ2n) is 16.2. The molecule has 0 aliphatic rings. The zero-order chi connectivity index (χ0) is 41.4. The van der Waals surface area contributed by atoms with Crippen LogP contribution in [-0.2, 0) is 0 Å². The zero-order valence-corrected chi connectivity index (χ0v) is 34.1. The van der Waals surface area contributed by atoms with E-state index in [0.29, 0.717) is 5.82 Å². The maximum atomic E-state index is 5.24. The Labute approximate surface area is 363 Å². The minimum atomic E-state index is 0.693. The van der Waals surface area contributed by atoms with E-state index in [0.717, 1.165) is 56.2 Å². The lowest BCUT2D eigenvalue weighted by atomic mass is 10.0. The summed E-state index contributed by atoms with van der Waals surface area (Å²) >= 11 is 0. The first-order valence-electron chi connectivity index (χ1n) is 21.4. The molecule has 5 heteroatoms. The van der Waals surface area contributed by atoms with Gasteiger partial charge in [0.25, 0.3) is 0 Å². The normalized spacial score (nSPS) is 11.8. The lowest BCUT2D eigenvalue weighted by molar-refractivity contribution is 1.05. The topological polar surface area (TPSA) is 40.6 Å². The van der Waals surface area contributed by atoms with Crippen molar-refractivity contribution in [2.45, 2.75) is 0 Å². The molecule has 4 aromatic heterocycles. The molecule has 13 rings (SSSR count). The fourth-order valence-corrected chi connectivity index (χ4v) is 9.88. The average molecular weight is 804 g/mol. The Balaban J connectivity index is 0.996. The molecule has 0 unspecified atom stereocenters. The summed E-state index contributed by atoms with van der Waals surface area (Å²) in [5, 5.41) is 7.32. The van der Waals surface area contributed by atoms with Crippen molar-refractivity contribution in [1.82, 2.24) is 23.7 Å². The molecule has 0 fully saturated rings. The van der Waals surface area contributed by atoms with Crippen molar-refractivity contribution in [2.75, 3.05) is 0 Å². The molecule has 0 N–H and O–H groups in total. The largest absolute Gasteiger partial charge is 0.309 e. The van der Waals surface area contributed by atoms with Gasteiger partial charge in [-0.3, -0.25) is 4.57 Å². The molecule has 0 bridgehead atoms. The van der Waals surface area contributed by atoms with Gasteiger partial charge in [0.2, 0.25) is 0 Å². The first-order valence-corrected chi connectivity index (χ1v) is 21.4. The van der Waals surface area contributed by atoms with Gasteiger partial charge in [0.15, 0.2) is 5.82 Å². The monoisotopic (exact) mass is 803 g/mol. The van der Waals surface area contributed by atoms with Crippen LogP contribution in [0.15, 0.2) is 224 Å². The Bertz CT molecular complexity index is 3840. The summed E-state index contributed by atoms with van der Waals surface area (Å²) in [5.41, 5.74) is 14.4. The number of benzene rings is 9. The van der Waals surface area contributed by atoms with Crippen LogP contribution in [0, 0.1) is 0 Å². The lowest BCUT2D eigenvalue weighted by Crippen LogP contribution is -2.02. The van der Waals surface area contributed by atoms with Crippen molar-refractivity contribution in [3.8, 4) is 51.0 Å². The van der Waals surface area contributed by atoms with Crippen LogP contribution in [0.2, 0.25) is 0 Å². The van der Waals surface area contributed by atoms with Crippen LogP contribution in [0.4, 0.5) is 0 Å². The van der Waals surface area contributed by atoms with E-state index in [1.807, 2.05) is 24.3 Å². The lowest BCUT2D eigenvalue weighted by Gasteiger charge is -2.13. The van der Waals surface area contributed by atoms with E-state index in [1.165, 1.54) is 54.4 Å². The minimum Gasteiger partial charge on any atom is -0.309 e. The maximum Gasteiger partial charge on any atom is 0.162 e. The Morgan fingerprint density at radius 1 is 0.286 bits per heavy atom. The highest BCUT2D eigenvalue weighted by Gasteiger charge is 2.22. The predicted molar refractivity (Wildman–Crippen MR) is 261 cm³/mol. The van der Waals surface area contributed by atoms with Crippen LogP contribution in [0.1, 0.15) is 0 Å². The second kappa shape index (κ2) is 14.0. The summed E-state index contributed by atoms with van der Waals surface area (Å²) in [5.74, 6) is 1.52. The summed E-state index contributed by atoms with van der Waals surface area (Å²) < 4.78 is 7.17. The summed E-state index contributed by atoms with van der Waals surface area (Å²) in [6.07, 6.45) is 0. The third-order valence-corrected chi connectivity index (χ3v) is 12.6. The summed E-state index contributed by atoms with van der Waals surface area (Å²) in [7, 11) is 0. The van der Waals surface area contributed by atoms with Crippen LogP contribution in [0.3, 0.4) is 0 Å². The Hall–Kier alpha value is -8.54. The molecular weight excluding hydrogens is 767 g/mol. The second-order valence-corrected chi connectivity index (χ2v) is 16.2. The van der Waals surface area contributed by atoms with Gasteiger partial charge in [0, 0.05) is 60.9 Å². The third kappa shape index (κ3) is 5.50. The number of hydrogen-bond acceptors (Lipinski definition) is 2. The summed E-state index contributed by atoms with van der Waals surface area (Å²) in [6, 6.07) is 80.2. The van der Waals surface area contributed by atoms with Crippen molar-refractivity contribution in [3.05, 3.63) is 224 Å². The van der Waals surface area contributed by atoms with Crippen LogP contribution >= 0.6 is 0 Å². The predicted octanol–water partition coefficient (Wildman–Crippen LogP) is 14.8. The van der Waals surface area contributed by atoms with Crippen LogP contribution in [-0.4, -0.2) is 23.7 Å². The van der Waals surface area contributed by atoms with Crippen molar-refractivity contribution >= 4 is 65.4 Å². The number of para-hydroxylation sites is 4. The van der Waals surface area contributed by atoms with E-state index >= 15 is 0 Å². The molecule has 0 atom stereocenters. The highest BCUT2D eigenvalue weighted by Crippen LogP contribution is 2.43. The molecule has 63 heavy (non-hydrogen) atoms. The molecular formula is C58H37N5. The number of hydrogen-bond donors (Lipinski definition) is 0. The molecule has 294 valence electrons.